The zero-order valence-corrected chi connectivity index (χ0v) is 23.4. The summed E-state index contributed by atoms with van der Waals surface area (Å²) in [4.78, 5) is 41.3. The van der Waals surface area contributed by atoms with Crippen LogP contribution in [0.4, 0.5) is 5.82 Å². The second kappa shape index (κ2) is 12.1. The van der Waals surface area contributed by atoms with E-state index in [2.05, 4.69) is 39.0 Å². The first-order valence-corrected chi connectivity index (χ1v) is 13.7. The van der Waals surface area contributed by atoms with E-state index in [0.29, 0.717) is 52.4 Å². The number of hydrogen-bond donors (Lipinski definition) is 4. The summed E-state index contributed by atoms with van der Waals surface area (Å²) in [6.07, 6.45) is -1.04. The Morgan fingerprint density at radius 1 is 1.22 bits per heavy atom. The second-order valence-corrected chi connectivity index (χ2v) is 10.7. The van der Waals surface area contributed by atoms with Crippen molar-refractivity contribution < 1.29 is 29.3 Å². The van der Waals surface area contributed by atoms with Crippen molar-refractivity contribution in [2.24, 2.45) is 5.73 Å². The van der Waals surface area contributed by atoms with E-state index >= 15 is 0 Å². The Morgan fingerprint density at radius 2 is 1.98 bits per heavy atom. The molecule has 0 spiro atoms. The van der Waals surface area contributed by atoms with Crippen LogP contribution in [0.15, 0.2) is 30.9 Å². The predicted octanol–water partition coefficient (Wildman–Crippen LogP) is 0.693. The van der Waals surface area contributed by atoms with Crippen molar-refractivity contribution in [1.82, 2.24) is 29.3 Å². The van der Waals surface area contributed by atoms with E-state index in [1.807, 2.05) is 4.90 Å². The predicted molar refractivity (Wildman–Crippen MR) is 148 cm³/mol. The van der Waals surface area contributed by atoms with Gasteiger partial charge in [-0.05, 0) is 32.0 Å². The number of rotatable bonds is 9. The van der Waals surface area contributed by atoms with Crippen LogP contribution in [0.25, 0.3) is 11.2 Å². The minimum Gasteiger partial charge on any atom is -0.483 e. The molecule has 1 aromatic carbocycles. The molecular weight excluding hydrogens is 556 g/mol. The molecule has 4 heterocycles. The maximum Gasteiger partial charge on any atom is 0.334 e. The molecule has 2 fully saturated rings. The Labute approximate surface area is 241 Å². The number of anilines is 1. The molecule has 0 aliphatic carbocycles. The second-order valence-electron chi connectivity index (χ2n) is 10.3. The van der Waals surface area contributed by atoms with Gasteiger partial charge in [-0.2, -0.15) is 0 Å². The highest BCUT2D eigenvalue weighted by atomic mass is 35.5. The highest BCUT2D eigenvalue weighted by Gasteiger charge is 2.46. The fraction of sp³-hybridized carbons (Fsp3) is 0.500. The molecule has 5 N–H and O–H groups in total. The first kappa shape index (κ1) is 29.0. The first-order chi connectivity index (χ1) is 19.6. The lowest BCUT2D eigenvalue weighted by Gasteiger charge is -2.36. The maximum absolute atomic E-state index is 12.8. The van der Waals surface area contributed by atoms with E-state index in [0.717, 1.165) is 13.1 Å². The van der Waals surface area contributed by atoms with Crippen LogP contribution in [0.1, 0.15) is 25.6 Å². The van der Waals surface area contributed by atoms with Gasteiger partial charge in [0.2, 0.25) is 0 Å². The number of aliphatic carboxylic acids is 1. The average molecular weight is 589 g/mol. The summed E-state index contributed by atoms with van der Waals surface area (Å²) in [5.74, 6) is -0.463. The number of aliphatic hydroxyl groups excluding tert-OH is 1. The third-order valence-electron chi connectivity index (χ3n) is 7.42. The van der Waals surface area contributed by atoms with Crippen LogP contribution in [0.3, 0.4) is 0 Å². The molecular formula is C26H33ClN8O6. The quantitative estimate of drug-likeness (QED) is 0.275. The van der Waals surface area contributed by atoms with Crippen LogP contribution in [-0.2, 0) is 20.9 Å². The van der Waals surface area contributed by atoms with Gasteiger partial charge >= 0.3 is 5.97 Å². The van der Waals surface area contributed by atoms with Gasteiger partial charge < -0.3 is 35.6 Å². The third kappa shape index (κ3) is 6.06. The van der Waals surface area contributed by atoms with Crippen LogP contribution >= 0.6 is 11.6 Å². The topological polar surface area (TPSA) is 181 Å². The number of piperazine rings is 1. The van der Waals surface area contributed by atoms with E-state index in [4.69, 9.17) is 26.8 Å². The number of nitrogens with two attached hydrogens (primary N) is 1. The molecule has 2 aromatic heterocycles. The van der Waals surface area contributed by atoms with Crippen molar-refractivity contribution >= 4 is 40.5 Å². The summed E-state index contributed by atoms with van der Waals surface area (Å²) in [5.41, 5.74) is 7.24. The Bertz CT molecular complexity index is 1410. The number of nitrogens with one attached hydrogen (secondary N) is 1. The third-order valence-corrected chi connectivity index (χ3v) is 7.65. The Hall–Kier alpha value is -3.56. The van der Waals surface area contributed by atoms with Crippen LogP contribution in [0.2, 0.25) is 5.02 Å². The zero-order valence-electron chi connectivity index (χ0n) is 22.7. The Morgan fingerprint density at radius 3 is 2.66 bits per heavy atom. The normalized spacial score (nSPS) is 23.3. The van der Waals surface area contributed by atoms with Crippen molar-refractivity contribution in [3.63, 3.8) is 0 Å². The monoisotopic (exact) mass is 588 g/mol. The minimum atomic E-state index is -1.37. The summed E-state index contributed by atoms with van der Waals surface area (Å²) in [6.45, 7) is 7.44. The van der Waals surface area contributed by atoms with Gasteiger partial charge in [-0.1, -0.05) is 11.6 Å². The molecule has 220 valence electrons. The summed E-state index contributed by atoms with van der Waals surface area (Å²) in [6, 6.07) is 4.48. The van der Waals surface area contributed by atoms with Crippen molar-refractivity contribution in [3.8, 4) is 5.75 Å². The van der Waals surface area contributed by atoms with Gasteiger partial charge in [-0.15, -0.1) is 0 Å². The standard InChI is InChI=1S/C26H33ClN8O6/c1-14(2)33-5-7-34(8-6-33)18(36)11-40-17-4-3-16(27)9-15(17)10-29-23-20-24(31-12-30-23)35(13-32-20)25-21(37)19(28)22(41-25)26(38)39/h3-4,9,12-14,19,21-22,25,37H,5-8,10-11,28H2,1-2H3,(H,38,39)(H,29,30,31). The number of hydrogen-bond acceptors (Lipinski definition) is 11. The fourth-order valence-corrected chi connectivity index (χ4v) is 5.23. The molecule has 14 nitrogen and oxygen atoms in total. The zero-order chi connectivity index (χ0) is 29.3. The lowest BCUT2D eigenvalue weighted by Crippen LogP contribution is -2.51. The van der Waals surface area contributed by atoms with Gasteiger partial charge in [0, 0.05) is 49.4 Å². The lowest BCUT2D eigenvalue weighted by molar-refractivity contribution is -0.152. The fourth-order valence-electron chi connectivity index (χ4n) is 5.04. The van der Waals surface area contributed by atoms with Crippen LogP contribution in [0.5, 0.6) is 5.75 Å². The number of fused-ring (bicyclic) bond motifs is 1. The van der Waals surface area contributed by atoms with Crippen molar-refractivity contribution in [2.75, 3.05) is 38.1 Å². The number of carboxylic acids is 1. The van der Waals surface area contributed by atoms with Gasteiger partial charge in [0.1, 0.15) is 18.2 Å². The molecule has 2 aliphatic heterocycles. The van der Waals surface area contributed by atoms with Gasteiger partial charge in [0.05, 0.1) is 12.4 Å². The summed E-state index contributed by atoms with van der Waals surface area (Å²) in [7, 11) is 0. The highest BCUT2D eigenvalue weighted by Crippen LogP contribution is 2.32. The molecule has 41 heavy (non-hydrogen) atoms. The Kier molecular flexibility index (Phi) is 8.56. The van der Waals surface area contributed by atoms with Crippen LogP contribution in [0, 0.1) is 0 Å². The van der Waals surface area contributed by atoms with Crippen LogP contribution in [-0.4, -0.2) is 108 Å². The molecule has 4 unspecified atom stereocenters. The molecule has 5 rings (SSSR count). The number of carbonyl (C=O) groups excluding carboxylic acids is 1. The number of aromatic nitrogens is 4. The number of amides is 1. The number of nitrogens with zero attached hydrogens (tertiary/aromatic N) is 6. The van der Waals surface area contributed by atoms with Crippen molar-refractivity contribution in [3.05, 3.63) is 41.4 Å². The largest absolute Gasteiger partial charge is 0.483 e. The average Bonchev–Trinajstić information content (AvgIpc) is 3.52. The highest BCUT2D eigenvalue weighted by molar-refractivity contribution is 6.30. The van der Waals surface area contributed by atoms with Crippen LogP contribution < -0.4 is 15.8 Å². The molecule has 0 bridgehead atoms. The molecule has 2 saturated heterocycles. The van der Waals surface area contributed by atoms with Crippen molar-refractivity contribution in [1.29, 1.82) is 0 Å². The lowest BCUT2D eigenvalue weighted by atomic mass is 10.1. The number of imidazole rings is 1. The van der Waals surface area contributed by atoms with Crippen molar-refractivity contribution in [2.45, 2.75) is 50.9 Å². The number of ether oxygens (including phenoxy) is 2. The van der Waals surface area contributed by atoms with Gasteiger partial charge in [-0.3, -0.25) is 14.3 Å². The minimum absolute atomic E-state index is 0.0773. The molecule has 0 saturated carbocycles. The maximum atomic E-state index is 12.8. The van der Waals surface area contributed by atoms with Gasteiger partial charge in [0.25, 0.3) is 5.91 Å². The van der Waals surface area contributed by atoms with E-state index in [9.17, 15) is 19.8 Å². The number of aliphatic hydroxyl groups is 1. The molecule has 1 amide bonds. The molecule has 2 aliphatic rings. The van der Waals surface area contributed by atoms with E-state index < -0.39 is 30.4 Å². The van der Waals surface area contributed by atoms with E-state index in [1.54, 1.807) is 18.2 Å². The number of carbonyl (C=O) groups is 2. The van der Waals surface area contributed by atoms with E-state index in [1.165, 1.54) is 17.2 Å². The summed E-state index contributed by atoms with van der Waals surface area (Å²) in [5, 5.41) is 23.6. The summed E-state index contributed by atoms with van der Waals surface area (Å²) >= 11 is 6.26. The number of carboxylic acid groups (broad SMARTS) is 1. The smallest absolute Gasteiger partial charge is 0.334 e. The van der Waals surface area contributed by atoms with Gasteiger partial charge in [0.15, 0.2) is 35.9 Å². The van der Waals surface area contributed by atoms with Gasteiger partial charge in [-0.25, -0.2) is 19.7 Å². The molecule has 0 radical (unpaired) electrons. The first-order valence-electron chi connectivity index (χ1n) is 13.3. The molecule has 4 atom stereocenters. The molecule has 3 aromatic rings. The SMILES string of the molecule is CC(C)N1CCN(C(=O)COc2ccc(Cl)cc2CNc2ncnc3c2ncn3C2OC(C(=O)O)C(N)C2O)CC1. The number of benzene rings is 1. The van der Waals surface area contributed by atoms with E-state index in [-0.39, 0.29) is 19.1 Å². The summed E-state index contributed by atoms with van der Waals surface area (Å²) < 4.78 is 12.9. The molecule has 15 heteroatoms. The number of halogens is 1. The Balaban J connectivity index is 1.26.